The van der Waals surface area contributed by atoms with Crippen molar-refractivity contribution in [3.63, 3.8) is 0 Å². The Morgan fingerprint density at radius 3 is 2.38 bits per heavy atom. The van der Waals surface area contributed by atoms with Crippen LogP contribution in [-0.2, 0) is 14.8 Å². The monoisotopic (exact) mass is 494 g/mol. The Balaban J connectivity index is 1.69. The van der Waals surface area contributed by atoms with E-state index in [1.165, 1.54) is 10.4 Å². The second-order valence-electron chi connectivity index (χ2n) is 7.47. The van der Waals surface area contributed by atoms with Crippen LogP contribution in [0.5, 0.6) is 5.75 Å². The average molecular weight is 495 g/mol. The highest BCUT2D eigenvalue weighted by molar-refractivity contribution is 7.97. The van der Waals surface area contributed by atoms with Crippen LogP contribution in [0.2, 0.25) is 5.02 Å². The summed E-state index contributed by atoms with van der Waals surface area (Å²) in [4.78, 5) is 13.0. The minimum Gasteiger partial charge on any atom is -0.492 e. The molecule has 1 aliphatic heterocycles. The maximum Gasteiger partial charge on any atom is 0.270 e. The topological polar surface area (TPSA) is 75.7 Å². The van der Waals surface area contributed by atoms with E-state index >= 15 is 0 Å². The van der Waals surface area contributed by atoms with Gasteiger partial charge in [-0.1, -0.05) is 66.2 Å². The Hall–Kier alpha value is -3.55. The summed E-state index contributed by atoms with van der Waals surface area (Å²) in [6.45, 7) is 4.01. The quantitative estimate of drug-likeness (QED) is 0.366. The van der Waals surface area contributed by atoms with E-state index in [0.29, 0.717) is 33.2 Å². The molecule has 0 atom stereocenters. The number of halogens is 1. The minimum absolute atomic E-state index is 0.0396. The molecule has 0 spiro atoms. The van der Waals surface area contributed by atoms with Crippen molar-refractivity contribution in [1.82, 2.24) is 5.32 Å². The predicted molar refractivity (Wildman–Crippen MR) is 135 cm³/mol. The molecule has 0 saturated heterocycles. The summed E-state index contributed by atoms with van der Waals surface area (Å²) in [5.74, 6) is -0.0960. The van der Waals surface area contributed by atoms with E-state index in [-0.39, 0.29) is 24.6 Å². The number of amides is 1. The first kappa shape index (κ1) is 23.6. The van der Waals surface area contributed by atoms with E-state index in [1.54, 1.807) is 48.5 Å². The zero-order valence-corrected chi connectivity index (χ0v) is 19.9. The summed E-state index contributed by atoms with van der Waals surface area (Å²) < 4.78 is 34.2. The van der Waals surface area contributed by atoms with Gasteiger partial charge in [0.1, 0.15) is 12.4 Å². The molecule has 34 heavy (non-hydrogen) atoms. The van der Waals surface area contributed by atoms with Gasteiger partial charge in [0.2, 0.25) is 0 Å². The molecule has 1 heterocycles. The first-order valence-corrected chi connectivity index (χ1v) is 12.4. The van der Waals surface area contributed by atoms with Crippen molar-refractivity contribution in [2.75, 3.05) is 24.0 Å². The summed E-state index contributed by atoms with van der Waals surface area (Å²) in [6, 6.07) is 23.0. The van der Waals surface area contributed by atoms with Crippen LogP contribution in [-0.4, -0.2) is 34.0 Å². The SMILES string of the molecule is C=CCN1c2ccccc2C(c2ccccc2)=C(C(=O)NCCOc2ccc(Cl)cc2)S1(=O)=O. The molecular weight excluding hydrogens is 472 g/mol. The largest absolute Gasteiger partial charge is 0.492 e. The van der Waals surface area contributed by atoms with Crippen molar-refractivity contribution in [1.29, 1.82) is 0 Å². The summed E-state index contributed by atoms with van der Waals surface area (Å²) in [5.41, 5.74) is 2.17. The van der Waals surface area contributed by atoms with Gasteiger partial charge in [0, 0.05) is 16.2 Å². The Morgan fingerprint density at radius 1 is 1.00 bits per heavy atom. The lowest BCUT2D eigenvalue weighted by Crippen LogP contribution is -2.42. The third kappa shape index (κ3) is 4.71. The van der Waals surface area contributed by atoms with E-state index in [9.17, 15) is 13.2 Å². The van der Waals surface area contributed by atoms with E-state index in [1.807, 2.05) is 30.3 Å². The predicted octanol–water partition coefficient (Wildman–Crippen LogP) is 4.63. The first-order chi connectivity index (χ1) is 16.4. The number of fused-ring (bicyclic) bond motifs is 1. The highest BCUT2D eigenvalue weighted by atomic mass is 35.5. The molecule has 0 aromatic heterocycles. The standard InChI is InChI=1S/C26H23ClN2O4S/c1-2-17-29-23-11-7-6-10-22(23)24(19-8-4-3-5-9-19)25(34(29,31)32)26(30)28-16-18-33-21-14-12-20(27)13-15-21/h2-15H,1,16-18H2,(H,28,30). The fraction of sp³-hybridized carbons (Fsp3) is 0.115. The van der Waals surface area contributed by atoms with Crippen molar-refractivity contribution in [3.05, 3.63) is 113 Å². The second-order valence-corrected chi connectivity index (χ2v) is 9.71. The molecule has 0 saturated carbocycles. The Labute approximate surface area is 204 Å². The van der Waals surface area contributed by atoms with Gasteiger partial charge < -0.3 is 10.1 Å². The lowest BCUT2D eigenvalue weighted by Gasteiger charge is -2.32. The number of rotatable bonds is 8. The third-order valence-corrected chi connectivity index (χ3v) is 7.33. The Bertz CT molecular complexity index is 1340. The van der Waals surface area contributed by atoms with Crippen LogP contribution in [0.3, 0.4) is 0 Å². The lowest BCUT2D eigenvalue weighted by atomic mass is 9.95. The van der Waals surface area contributed by atoms with Gasteiger partial charge in [-0.05, 0) is 35.9 Å². The van der Waals surface area contributed by atoms with Gasteiger partial charge in [-0.2, -0.15) is 0 Å². The van der Waals surface area contributed by atoms with Crippen molar-refractivity contribution >= 4 is 38.8 Å². The summed E-state index contributed by atoms with van der Waals surface area (Å²) in [7, 11) is -4.16. The molecular formula is C26H23ClN2O4S. The smallest absolute Gasteiger partial charge is 0.270 e. The molecule has 3 aromatic rings. The number of sulfonamides is 1. The molecule has 0 unspecified atom stereocenters. The summed E-state index contributed by atoms with van der Waals surface area (Å²) in [6.07, 6.45) is 1.50. The zero-order chi connectivity index (χ0) is 24.1. The highest BCUT2D eigenvalue weighted by Gasteiger charge is 2.40. The van der Waals surface area contributed by atoms with Crippen molar-refractivity contribution in [3.8, 4) is 5.75 Å². The fourth-order valence-corrected chi connectivity index (χ4v) is 5.63. The Morgan fingerprint density at radius 2 is 1.68 bits per heavy atom. The molecule has 1 aliphatic rings. The maximum absolute atomic E-state index is 13.7. The third-order valence-electron chi connectivity index (χ3n) is 5.25. The van der Waals surface area contributed by atoms with Crippen LogP contribution in [0, 0.1) is 0 Å². The number of carbonyl (C=O) groups excluding carboxylic acids is 1. The first-order valence-electron chi connectivity index (χ1n) is 10.6. The van der Waals surface area contributed by atoms with Crippen molar-refractivity contribution < 1.29 is 17.9 Å². The molecule has 174 valence electrons. The number of hydrogen-bond donors (Lipinski definition) is 1. The van der Waals surface area contributed by atoms with Gasteiger partial charge in [0.25, 0.3) is 15.9 Å². The number of para-hydroxylation sites is 1. The van der Waals surface area contributed by atoms with Gasteiger partial charge in [-0.3, -0.25) is 9.10 Å². The number of anilines is 1. The molecule has 6 nitrogen and oxygen atoms in total. The van der Waals surface area contributed by atoms with Crippen LogP contribution in [0.4, 0.5) is 5.69 Å². The van der Waals surface area contributed by atoms with Crippen LogP contribution in [0.1, 0.15) is 11.1 Å². The summed E-state index contributed by atoms with van der Waals surface area (Å²) >= 11 is 5.88. The maximum atomic E-state index is 13.7. The number of nitrogens with zero attached hydrogens (tertiary/aromatic N) is 1. The lowest BCUT2D eigenvalue weighted by molar-refractivity contribution is -0.116. The van der Waals surface area contributed by atoms with Gasteiger partial charge >= 0.3 is 0 Å². The van der Waals surface area contributed by atoms with E-state index in [4.69, 9.17) is 16.3 Å². The number of nitrogens with one attached hydrogen (secondary N) is 1. The Kier molecular flexibility index (Phi) is 7.05. The molecule has 0 radical (unpaired) electrons. The second kappa shape index (κ2) is 10.2. The minimum atomic E-state index is -4.16. The van der Waals surface area contributed by atoms with E-state index in [0.717, 1.165) is 0 Å². The van der Waals surface area contributed by atoms with E-state index in [2.05, 4.69) is 11.9 Å². The normalized spacial score (nSPS) is 14.3. The molecule has 3 aromatic carbocycles. The number of carbonyl (C=O) groups is 1. The molecule has 0 aliphatic carbocycles. The summed E-state index contributed by atoms with van der Waals surface area (Å²) in [5, 5.41) is 3.29. The molecule has 4 rings (SSSR count). The zero-order valence-electron chi connectivity index (χ0n) is 18.3. The number of hydrogen-bond acceptors (Lipinski definition) is 4. The highest BCUT2D eigenvalue weighted by Crippen LogP contribution is 2.42. The molecule has 8 heteroatoms. The van der Waals surface area contributed by atoms with Gasteiger partial charge in [0.15, 0.2) is 4.91 Å². The van der Waals surface area contributed by atoms with Gasteiger partial charge in [0.05, 0.1) is 18.8 Å². The number of ether oxygens (including phenoxy) is 1. The van der Waals surface area contributed by atoms with Crippen molar-refractivity contribution in [2.24, 2.45) is 0 Å². The van der Waals surface area contributed by atoms with Crippen molar-refractivity contribution in [2.45, 2.75) is 0 Å². The molecule has 0 bridgehead atoms. The fourth-order valence-electron chi connectivity index (χ4n) is 3.77. The van der Waals surface area contributed by atoms with Gasteiger partial charge in [-0.15, -0.1) is 6.58 Å². The van der Waals surface area contributed by atoms with E-state index < -0.39 is 15.9 Å². The van der Waals surface area contributed by atoms with Gasteiger partial charge in [-0.25, -0.2) is 8.42 Å². The number of benzene rings is 3. The van der Waals surface area contributed by atoms with Crippen LogP contribution >= 0.6 is 11.6 Å². The van der Waals surface area contributed by atoms with Crippen LogP contribution < -0.4 is 14.4 Å². The molecule has 1 N–H and O–H groups in total. The van der Waals surface area contributed by atoms with Crippen LogP contribution in [0.25, 0.3) is 5.57 Å². The average Bonchev–Trinajstić information content (AvgIpc) is 2.84. The molecule has 1 amide bonds. The molecule has 0 fully saturated rings. The van der Waals surface area contributed by atoms with Crippen LogP contribution in [0.15, 0.2) is 96.4 Å².